The van der Waals surface area contributed by atoms with E-state index in [4.69, 9.17) is 0 Å². The van der Waals surface area contributed by atoms with Gasteiger partial charge in [-0.25, -0.2) is 0 Å². The molecule has 0 saturated heterocycles. The topological polar surface area (TPSA) is 65.5 Å². The lowest BCUT2D eigenvalue weighted by Gasteiger charge is -2.25. The summed E-state index contributed by atoms with van der Waals surface area (Å²) in [5.41, 5.74) is 2.32. The van der Waals surface area contributed by atoms with Gasteiger partial charge in [-0.05, 0) is 74.5 Å². The van der Waals surface area contributed by atoms with Crippen LogP contribution in [0.15, 0.2) is 48.8 Å². The number of benzene rings is 1. The first-order valence-electron chi connectivity index (χ1n) is 9.64. The number of nitrogens with zero attached hydrogens (tertiary/aromatic N) is 2. The zero-order chi connectivity index (χ0) is 19.2. The summed E-state index contributed by atoms with van der Waals surface area (Å²) >= 11 is 0. The average Bonchev–Trinajstić information content (AvgIpc) is 3.50. The van der Waals surface area contributed by atoms with E-state index in [9.17, 15) is 9.90 Å². The number of pyridine rings is 1. The fourth-order valence-electron chi connectivity index (χ4n) is 3.50. The standard InChI is InChI=1S/C22H29N3O2/c1-25(2)19(12-16-5-9-20(26)10-6-16)15-24-22(27)13-21(17-7-8-17)18-4-3-11-23-14-18/h3-6,9-11,14,17,19,21,26H,7-8,12-13,15H2,1-2H3,(H,24,27). The van der Waals surface area contributed by atoms with Gasteiger partial charge in [-0.2, -0.15) is 0 Å². The second-order valence-electron chi connectivity index (χ2n) is 7.73. The van der Waals surface area contributed by atoms with Crippen molar-refractivity contribution in [2.75, 3.05) is 20.6 Å². The minimum atomic E-state index is 0.105. The number of carbonyl (C=O) groups excluding carboxylic acids is 1. The number of hydrogen-bond acceptors (Lipinski definition) is 4. The average molecular weight is 367 g/mol. The van der Waals surface area contributed by atoms with Gasteiger partial charge in [0.2, 0.25) is 5.91 Å². The van der Waals surface area contributed by atoms with Crippen molar-refractivity contribution < 1.29 is 9.90 Å². The van der Waals surface area contributed by atoms with Crippen LogP contribution in [0.5, 0.6) is 5.75 Å². The molecule has 2 N–H and O–H groups in total. The summed E-state index contributed by atoms with van der Waals surface area (Å²) in [5, 5.41) is 12.6. The fraction of sp³-hybridized carbons (Fsp3) is 0.455. The Labute approximate surface area is 161 Å². The Morgan fingerprint density at radius 2 is 2.00 bits per heavy atom. The minimum Gasteiger partial charge on any atom is -0.508 e. The van der Waals surface area contributed by atoms with Gasteiger partial charge in [0.05, 0.1) is 0 Å². The number of hydrogen-bond donors (Lipinski definition) is 2. The number of likely N-dealkylation sites (N-methyl/N-ethyl adjacent to an activating group) is 1. The predicted octanol–water partition coefficient (Wildman–Crippen LogP) is 2.96. The van der Waals surface area contributed by atoms with Crippen LogP contribution in [0, 0.1) is 5.92 Å². The predicted molar refractivity (Wildman–Crippen MR) is 107 cm³/mol. The van der Waals surface area contributed by atoms with Gasteiger partial charge in [-0.1, -0.05) is 18.2 Å². The van der Waals surface area contributed by atoms with Crippen LogP contribution in [0.3, 0.4) is 0 Å². The van der Waals surface area contributed by atoms with Crippen LogP contribution in [0.1, 0.15) is 36.3 Å². The van der Waals surface area contributed by atoms with Gasteiger partial charge >= 0.3 is 0 Å². The highest BCUT2D eigenvalue weighted by Crippen LogP contribution is 2.44. The van der Waals surface area contributed by atoms with Gasteiger partial charge < -0.3 is 15.3 Å². The molecule has 1 fully saturated rings. The maximum Gasteiger partial charge on any atom is 0.220 e. The minimum absolute atomic E-state index is 0.105. The zero-order valence-electron chi connectivity index (χ0n) is 16.1. The van der Waals surface area contributed by atoms with E-state index < -0.39 is 0 Å². The van der Waals surface area contributed by atoms with Gasteiger partial charge in [0.1, 0.15) is 5.75 Å². The monoisotopic (exact) mass is 367 g/mol. The van der Waals surface area contributed by atoms with E-state index in [1.165, 1.54) is 18.4 Å². The number of amides is 1. The van der Waals surface area contributed by atoms with Crippen molar-refractivity contribution in [3.63, 3.8) is 0 Å². The van der Waals surface area contributed by atoms with Gasteiger partial charge in [-0.15, -0.1) is 0 Å². The second-order valence-corrected chi connectivity index (χ2v) is 7.73. The molecule has 2 aromatic rings. The van der Waals surface area contributed by atoms with E-state index in [2.05, 4.69) is 21.3 Å². The molecule has 0 aliphatic heterocycles. The summed E-state index contributed by atoms with van der Waals surface area (Å²) in [6.07, 6.45) is 7.42. The zero-order valence-corrected chi connectivity index (χ0v) is 16.1. The third-order valence-electron chi connectivity index (χ3n) is 5.38. The van der Waals surface area contributed by atoms with Crippen molar-refractivity contribution >= 4 is 5.91 Å². The van der Waals surface area contributed by atoms with Crippen LogP contribution < -0.4 is 5.32 Å². The third kappa shape index (κ3) is 5.79. The molecule has 1 aromatic heterocycles. The molecule has 1 aliphatic carbocycles. The normalized spacial score (nSPS) is 16.1. The maximum atomic E-state index is 12.6. The second kappa shape index (κ2) is 9.00. The first-order valence-corrected chi connectivity index (χ1v) is 9.64. The summed E-state index contributed by atoms with van der Waals surface area (Å²) in [4.78, 5) is 18.9. The molecule has 5 heteroatoms. The fourth-order valence-corrected chi connectivity index (χ4v) is 3.50. The number of carbonyl (C=O) groups is 1. The lowest BCUT2D eigenvalue weighted by molar-refractivity contribution is -0.121. The van der Waals surface area contributed by atoms with E-state index in [0.717, 1.165) is 12.0 Å². The summed E-state index contributed by atoms with van der Waals surface area (Å²) in [7, 11) is 4.06. The number of aromatic hydroxyl groups is 1. The Hall–Kier alpha value is -2.40. The van der Waals surface area contributed by atoms with Crippen LogP contribution >= 0.6 is 0 Å². The number of aromatic nitrogens is 1. The molecule has 1 saturated carbocycles. The number of phenolic OH excluding ortho intramolecular Hbond substituents is 1. The maximum absolute atomic E-state index is 12.6. The van der Waals surface area contributed by atoms with Gasteiger partial charge in [0.15, 0.2) is 0 Å². The van der Waals surface area contributed by atoms with E-state index in [-0.39, 0.29) is 23.6 Å². The molecule has 144 valence electrons. The highest BCUT2D eigenvalue weighted by molar-refractivity contribution is 5.77. The first kappa shape index (κ1) is 19.4. The largest absolute Gasteiger partial charge is 0.508 e. The number of nitrogens with one attached hydrogen (secondary N) is 1. The molecule has 1 aliphatic rings. The van der Waals surface area contributed by atoms with Crippen molar-refractivity contribution in [1.82, 2.24) is 15.2 Å². The Bertz CT molecular complexity index is 727. The molecule has 1 aromatic carbocycles. The van der Waals surface area contributed by atoms with Crippen LogP contribution in [0.4, 0.5) is 0 Å². The molecule has 0 radical (unpaired) electrons. The highest BCUT2D eigenvalue weighted by Gasteiger charge is 2.33. The van der Waals surface area contributed by atoms with Gasteiger partial charge in [0.25, 0.3) is 0 Å². The number of rotatable bonds is 9. The van der Waals surface area contributed by atoms with Crippen LogP contribution in [-0.2, 0) is 11.2 Å². The van der Waals surface area contributed by atoms with Crippen LogP contribution in [0.25, 0.3) is 0 Å². The molecular weight excluding hydrogens is 338 g/mol. The smallest absolute Gasteiger partial charge is 0.220 e. The summed E-state index contributed by atoms with van der Waals surface area (Å²) in [6, 6.07) is 11.5. The Morgan fingerprint density at radius 3 is 2.59 bits per heavy atom. The van der Waals surface area contributed by atoms with E-state index in [1.807, 2.05) is 38.5 Å². The lowest BCUT2D eigenvalue weighted by Crippen LogP contribution is -2.42. The van der Waals surface area contributed by atoms with E-state index in [0.29, 0.717) is 18.9 Å². The quantitative estimate of drug-likeness (QED) is 0.715. The van der Waals surface area contributed by atoms with Gasteiger partial charge in [-0.3, -0.25) is 9.78 Å². The molecule has 0 spiro atoms. The van der Waals surface area contributed by atoms with E-state index >= 15 is 0 Å². The molecule has 2 atom stereocenters. The summed E-state index contributed by atoms with van der Waals surface area (Å²) < 4.78 is 0. The molecule has 27 heavy (non-hydrogen) atoms. The van der Waals surface area contributed by atoms with Crippen LogP contribution in [-0.4, -0.2) is 47.6 Å². The molecule has 3 rings (SSSR count). The SMILES string of the molecule is CN(C)C(CNC(=O)CC(c1cccnc1)C1CC1)Cc1ccc(O)cc1. The van der Waals surface area contributed by atoms with Crippen molar-refractivity contribution in [3.05, 3.63) is 59.9 Å². The highest BCUT2D eigenvalue weighted by atomic mass is 16.3. The third-order valence-corrected chi connectivity index (χ3v) is 5.38. The molecule has 0 bridgehead atoms. The Morgan fingerprint density at radius 1 is 1.26 bits per heavy atom. The Kier molecular flexibility index (Phi) is 6.45. The summed E-state index contributed by atoms with van der Waals surface area (Å²) in [6.45, 7) is 0.608. The number of phenols is 1. The van der Waals surface area contributed by atoms with Crippen molar-refractivity contribution in [2.24, 2.45) is 5.92 Å². The van der Waals surface area contributed by atoms with Crippen molar-refractivity contribution in [1.29, 1.82) is 0 Å². The van der Waals surface area contributed by atoms with Crippen molar-refractivity contribution in [3.8, 4) is 5.75 Å². The molecular formula is C22H29N3O2. The van der Waals surface area contributed by atoms with Crippen LogP contribution in [0.2, 0.25) is 0 Å². The molecule has 5 nitrogen and oxygen atoms in total. The van der Waals surface area contributed by atoms with Gasteiger partial charge in [0, 0.05) is 31.4 Å². The first-order chi connectivity index (χ1) is 13.0. The van der Waals surface area contributed by atoms with Crippen molar-refractivity contribution in [2.45, 2.75) is 37.6 Å². The lowest BCUT2D eigenvalue weighted by atomic mass is 9.92. The molecule has 1 amide bonds. The summed E-state index contributed by atoms with van der Waals surface area (Å²) in [5.74, 6) is 1.26. The molecule has 2 unspecified atom stereocenters. The Balaban J connectivity index is 1.54. The van der Waals surface area contributed by atoms with E-state index in [1.54, 1.807) is 18.3 Å². The molecule has 1 heterocycles.